The summed E-state index contributed by atoms with van der Waals surface area (Å²) in [6.07, 6.45) is 7.66. The third kappa shape index (κ3) is 4.00. The van der Waals surface area contributed by atoms with Crippen LogP contribution >= 0.6 is 11.1 Å². The summed E-state index contributed by atoms with van der Waals surface area (Å²) in [5.74, 6) is 0.480. The summed E-state index contributed by atoms with van der Waals surface area (Å²) >= 11 is 6.83. The predicted molar refractivity (Wildman–Crippen MR) is 93.4 cm³/mol. The average Bonchev–Trinajstić information content (AvgIpc) is 3.15. The van der Waals surface area contributed by atoms with Crippen LogP contribution in [0.4, 0.5) is 0 Å². The molecular formula is C19H17Cl3SiZr. The molecule has 2 aromatic rings. The Labute approximate surface area is 181 Å². The van der Waals surface area contributed by atoms with Crippen molar-refractivity contribution in [1.82, 2.24) is 0 Å². The Morgan fingerprint density at radius 2 is 1.46 bits per heavy atom. The third-order valence-corrected chi connectivity index (χ3v) is 8.10. The van der Waals surface area contributed by atoms with E-state index in [1.54, 1.807) is 0 Å². The summed E-state index contributed by atoms with van der Waals surface area (Å²) in [5, 5.41) is 1.48. The zero-order valence-corrected chi connectivity index (χ0v) is 18.9. The van der Waals surface area contributed by atoms with Crippen LogP contribution in [0.1, 0.15) is 23.5 Å². The Hall–Kier alpha value is -0.110. The summed E-state index contributed by atoms with van der Waals surface area (Å²) < 4.78 is 0. The second-order valence-corrected chi connectivity index (χ2v) is 9.53. The molecule has 0 saturated carbocycles. The maximum Gasteiger partial charge on any atom is 2.00 e. The number of rotatable bonds is 3. The van der Waals surface area contributed by atoms with Crippen molar-refractivity contribution in [2.45, 2.75) is 18.4 Å². The molecule has 0 N–H and O–H groups in total. The van der Waals surface area contributed by atoms with E-state index in [0.29, 0.717) is 5.92 Å². The molecule has 0 radical (unpaired) electrons. The molecule has 0 nitrogen and oxygen atoms in total. The van der Waals surface area contributed by atoms with Gasteiger partial charge in [0.25, 0.3) is 0 Å². The van der Waals surface area contributed by atoms with Crippen LogP contribution in [0.3, 0.4) is 0 Å². The van der Waals surface area contributed by atoms with Crippen molar-refractivity contribution in [3.8, 4) is 11.1 Å². The fourth-order valence-corrected chi connectivity index (χ4v) is 6.52. The molecule has 0 saturated heterocycles. The van der Waals surface area contributed by atoms with Crippen LogP contribution in [-0.4, -0.2) is 8.11 Å². The molecular weight excluding hydrogens is 454 g/mol. The van der Waals surface area contributed by atoms with Gasteiger partial charge in [-0.25, -0.2) is 0 Å². The van der Waals surface area contributed by atoms with Gasteiger partial charge in [-0.15, -0.1) is 0 Å². The van der Waals surface area contributed by atoms with Crippen LogP contribution in [0.25, 0.3) is 11.1 Å². The predicted octanol–water partition coefficient (Wildman–Crippen LogP) is -0.807. The van der Waals surface area contributed by atoms with Crippen molar-refractivity contribution >= 4 is 19.2 Å². The topological polar surface area (TPSA) is 0 Å². The first-order valence-corrected chi connectivity index (χ1v) is 10.7. The van der Waals surface area contributed by atoms with Crippen LogP contribution in [0.5, 0.6) is 0 Å². The minimum atomic E-state index is -1.35. The fourth-order valence-electron chi connectivity index (χ4n) is 3.57. The molecule has 1 unspecified atom stereocenters. The smallest absolute Gasteiger partial charge is 1.00 e. The molecule has 5 heteroatoms. The summed E-state index contributed by atoms with van der Waals surface area (Å²) in [6, 6.07) is 18.7. The Morgan fingerprint density at radius 3 is 1.96 bits per heavy atom. The molecule has 0 amide bonds. The standard InChI is InChI=1S/C19H17ClSi.2ClH.Zr/c20-21(14-7-1-2-8-14)13-19-17-11-5-3-9-15(17)16-10-4-6-12-18(16)19;;;/h1-7,9-12,19,21H,8,13H2;2*1H;/q;;;+2/p-2. The minimum absolute atomic E-state index is 0. The van der Waals surface area contributed by atoms with E-state index < -0.39 is 8.11 Å². The molecule has 4 rings (SSSR count). The molecule has 24 heavy (non-hydrogen) atoms. The summed E-state index contributed by atoms with van der Waals surface area (Å²) in [5.41, 5.74) is 5.72. The van der Waals surface area contributed by atoms with Crippen molar-refractivity contribution in [2.75, 3.05) is 0 Å². The number of benzene rings is 2. The van der Waals surface area contributed by atoms with Gasteiger partial charge >= 0.3 is 26.2 Å². The van der Waals surface area contributed by atoms with Crippen molar-refractivity contribution in [3.63, 3.8) is 0 Å². The van der Waals surface area contributed by atoms with E-state index in [0.717, 1.165) is 12.5 Å². The maximum atomic E-state index is 6.83. The number of halogens is 3. The van der Waals surface area contributed by atoms with Gasteiger partial charge in [0.1, 0.15) is 0 Å². The van der Waals surface area contributed by atoms with Gasteiger partial charge in [-0.05, 0) is 34.7 Å². The molecule has 0 heterocycles. The van der Waals surface area contributed by atoms with E-state index in [4.69, 9.17) is 11.1 Å². The van der Waals surface area contributed by atoms with E-state index in [1.807, 2.05) is 0 Å². The summed E-state index contributed by atoms with van der Waals surface area (Å²) in [4.78, 5) is 0. The van der Waals surface area contributed by atoms with Gasteiger partial charge in [0.05, 0.1) is 0 Å². The number of hydrogen-bond donors (Lipinski definition) is 0. The van der Waals surface area contributed by atoms with Gasteiger partial charge < -0.3 is 24.8 Å². The SMILES string of the molecule is Cl[SiH](CC1c2ccccc2-c2ccccc21)C1=CC=CC1.[Cl-].[Cl-].[Zr+2]. The monoisotopic (exact) mass is 468 g/mol. The molecule has 122 valence electrons. The fraction of sp³-hybridized carbons (Fsp3) is 0.158. The van der Waals surface area contributed by atoms with Crippen LogP contribution in [0, 0.1) is 0 Å². The zero-order valence-electron chi connectivity index (χ0n) is 13.1. The van der Waals surface area contributed by atoms with Gasteiger partial charge in [0.2, 0.25) is 0 Å². The summed E-state index contributed by atoms with van der Waals surface area (Å²) in [7, 11) is -1.35. The molecule has 0 spiro atoms. The Balaban J connectivity index is 0.000000960. The molecule has 1 atom stereocenters. The van der Waals surface area contributed by atoms with Crippen LogP contribution in [-0.2, 0) is 26.2 Å². The van der Waals surface area contributed by atoms with E-state index in [1.165, 1.54) is 27.5 Å². The normalized spacial score (nSPS) is 15.3. The van der Waals surface area contributed by atoms with Gasteiger partial charge in [-0.3, -0.25) is 0 Å². The Morgan fingerprint density at radius 1 is 0.917 bits per heavy atom. The second-order valence-electron chi connectivity index (χ2n) is 5.80. The van der Waals surface area contributed by atoms with Crippen LogP contribution in [0.15, 0.2) is 72.0 Å². The van der Waals surface area contributed by atoms with Crippen LogP contribution in [0.2, 0.25) is 6.04 Å². The van der Waals surface area contributed by atoms with E-state index in [2.05, 4.69) is 66.8 Å². The minimum Gasteiger partial charge on any atom is -1.00 e. The van der Waals surface area contributed by atoms with Gasteiger partial charge in [0.15, 0.2) is 8.11 Å². The molecule has 0 aromatic heterocycles. The average molecular weight is 471 g/mol. The number of allylic oxidation sites excluding steroid dienone is 4. The largest absolute Gasteiger partial charge is 2.00 e. The van der Waals surface area contributed by atoms with Crippen molar-refractivity contribution in [2.24, 2.45) is 0 Å². The zero-order chi connectivity index (χ0) is 14.2. The summed E-state index contributed by atoms with van der Waals surface area (Å²) in [6.45, 7) is 0. The molecule has 0 bridgehead atoms. The first-order valence-electron chi connectivity index (χ1n) is 7.52. The molecule has 2 aliphatic carbocycles. The van der Waals surface area contributed by atoms with E-state index in [-0.39, 0.29) is 51.0 Å². The van der Waals surface area contributed by atoms with Crippen molar-refractivity contribution < 1.29 is 51.0 Å². The Kier molecular flexibility index (Phi) is 8.73. The van der Waals surface area contributed by atoms with Crippen LogP contribution < -0.4 is 24.8 Å². The molecule has 2 aliphatic rings. The molecule has 0 fully saturated rings. The second kappa shape index (κ2) is 9.55. The molecule has 0 aliphatic heterocycles. The van der Waals surface area contributed by atoms with Crippen molar-refractivity contribution in [3.05, 3.63) is 83.1 Å². The number of hydrogen-bond acceptors (Lipinski definition) is 0. The van der Waals surface area contributed by atoms with E-state index in [9.17, 15) is 0 Å². The first-order chi connectivity index (χ1) is 10.3. The molecule has 2 aromatic carbocycles. The Bertz CT molecular complexity index is 712. The number of fused-ring (bicyclic) bond motifs is 3. The van der Waals surface area contributed by atoms with Gasteiger partial charge in [-0.2, -0.15) is 11.1 Å². The maximum absolute atomic E-state index is 6.83. The van der Waals surface area contributed by atoms with Gasteiger partial charge in [0, 0.05) is 5.92 Å². The first kappa shape index (κ1) is 21.9. The van der Waals surface area contributed by atoms with E-state index >= 15 is 0 Å². The third-order valence-electron chi connectivity index (χ3n) is 4.61. The van der Waals surface area contributed by atoms with Gasteiger partial charge in [-0.1, -0.05) is 72.0 Å². The van der Waals surface area contributed by atoms with Crippen molar-refractivity contribution in [1.29, 1.82) is 0 Å². The quantitative estimate of drug-likeness (QED) is 0.407.